The molecule has 2 heterocycles. The average Bonchev–Trinajstić information content (AvgIpc) is 3.30. The first-order valence-corrected chi connectivity index (χ1v) is 11.3. The molecule has 3 atom stereocenters. The monoisotopic (exact) mass is 438 g/mol. The Morgan fingerprint density at radius 3 is 2.56 bits per heavy atom. The van der Waals surface area contributed by atoms with E-state index in [4.69, 9.17) is 14.6 Å². The quantitative estimate of drug-likeness (QED) is 0.697. The van der Waals surface area contributed by atoms with E-state index in [0.29, 0.717) is 18.4 Å². The van der Waals surface area contributed by atoms with Gasteiger partial charge in [-0.2, -0.15) is 0 Å². The zero-order valence-corrected chi connectivity index (χ0v) is 19.2. The van der Waals surface area contributed by atoms with Gasteiger partial charge in [0.05, 0.1) is 6.04 Å². The van der Waals surface area contributed by atoms with Crippen LogP contribution >= 0.6 is 0 Å². The maximum absolute atomic E-state index is 12.9. The van der Waals surface area contributed by atoms with Crippen molar-refractivity contribution in [3.8, 4) is 0 Å². The number of hydrogen-bond donors (Lipinski definition) is 1. The molecule has 6 nitrogen and oxygen atoms in total. The van der Waals surface area contributed by atoms with Crippen LogP contribution in [0.2, 0.25) is 0 Å². The number of rotatable bonds is 6. The van der Waals surface area contributed by atoms with Gasteiger partial charge in [0.15, 0.2) is 0 Å². The molecule has 2 aromatic carbocycles. The Hall–Kier alpha value is -2.70. The lowest BCUT2D eigenvalue weighted by Crippen LogP contribution is -2.38. The zero-order chi connectivity index (χ0) is 23.1. The number of aryl methyl sites for hydroxylation is 2. The summed E-state index contributed by atoms with van der Waals surface area (Å²) in [6.07, 6.45) is 0. The van der Waals surface area contributed by atoms with Crippen LogP contribution in [0.15, 0.2) is 48.5 Å². The largest absolute Gasteiger partial charge is 0.483 e. The van der Waals surface area contributed by atoms with E-state index < -0.39 is 0 Å². The Bertz CT molecular complexity index is 916. The first-order chi connectivity index (χ1) is 15.5. The molecule has 0 saturated carbocycles. The maximum Gasteiger partial charge on any atom is 0.290 e. The van der Waals surface area contributed by atoms with Gasteiger partial charge >= 0.3 is 0 Å². The van der Waals surface area contributed by atoms with E-state index in [-0.39, 0.29) is 25.0 Å². The molecule has 2 aliphatic heterocycles. The van der Waals surface area contributed by atoms with E-state index in [1.165, 1.54) is 22.3 Å². The zero-order valence-electron chi connectivity index (χ0n) is 19.2. The van der Waals surface area contributed by atoms with Crippen molar-refractivity contribution in [1.82, 2.24) is 9.80 Å². The second-order valence-electron chi connectivity index (χ2n) is 8.70. The van der Waals surface area contributed by atoms with Crippen LogP contribution in [0.25, 0.3) is 0 Å². The number of nitrogens with zero attached hydrogens (tertiary/aromatic N) is 2. The van der Waals surface area contributed by atoms with Crippen LogP contribution in [0.1, 0.15) is 35.2 Å². The standard InChI is InChI=1S/C25H32N2O2.CH2O2/c1-4-29-17-24(28)27-15-21-14-26(13-20-10-7-8-18(2)12-20)16-23(21)25(27)22-11-6-5-9-19(22)3;2-1-3/h5-12,21,23,25H,4,13-17H2,1-3H3;1H,(H,2,3)/t21-,23-,25+;/m0./s1. The molecule has 0 bridgehead atoms. The third-order valence-electron chi connectivity index (χ3n) is 6.49. The minimum atomic E-state index is -0.250. The molecule has 172 valence electrons. The van der Waals surface area contributed by atoms with Gasteiger partial charge in [-0.1, -0.05) is 54.1 Å². The molecule has 32 heavy (non-hydrogen) atoms. The summed E-state index contributed by atoms with van der Waals surface area (Å²) in [6, 6.07) is 17.5. The number of carbonyl (C=O) groups excluding carboxylic acids is 1. The lowest BCUT2D eigenvalue weighted by Gasteiger charge is -2.31. The number of carboxylic acid groups (broad SMARTS) is 1. The van der Waals surface area contributed by atoms with Gasteiger partial charge in [0.25, 0.3) is 6.47 Å². The Morgan fingerprint density at radius 2 is 1.88 bits per heavy atom. The topological polar surface area (TPSA) is 70.1 Å². The van der Waals surface area contributed by atoms with Crippen molar-refractivity contribution in [2.75, 3.05) is 32.8 Å². The van der Waals surface area contributed by atoms with Crippen LogP contribution in [0.5, 0.6) is 0 Å². The van der Waals surface area contributed by atoms with E-state index in [1.54, 1.807) is 0 Å². The average molecular weight is 439 g/mol. The number of benzene rings is 2. The van der Waals surface area contributed by atoms with Crippen LogP contribution in [0.3, 0.4) is 0 Å². The summed E-state index contributed by atoms with van der Waals surface area (Å²) in [5.74, 6) is 1.13. The third kappa shape index (κ3) is 5.56. The highest BCUT2D eigenvalue weighted by molar-refractivity contribution is 5.78. The predicted octanol–water partition coefficient (Wildman–Crippen LogP) is 3.67. The first-order valence-electron chi connectivity index (χ1n) is 11.3. The minimum Gasteiger partial charge on any atom is -0.483 e. The highest BCUT2D eigenvalue weighted by Gasteiger charge is 2.49. The van der Waals surface area contributed by atoms with Crippen molar-refractivity contribution in [2.45, 2.75) is 33.4 Å². The highest BCUT2D eigenvalue weighted by atomic mass is 16.5. The summed E-state index contributed by atoms with van der Waals surface area (Å²) in [5.41, 5.74) is 5.25. The molecule has 2 aliphatic rings. The molecule has 0 aromatic heterocycles. The van der Waals surface area contributed by atoms with Crippen molar-refractivity contribution in [3.05, 3.63) is 70.8 Å². The maximum atomic E-state index is 12.9. The van der Waals surface area contributed by atoms with Gasteiger partial charge in [-0.05, 0) is 43.4 Å². The highest BCUT2D eigenvalue weighted by Crippen LogP contribution is 2.46. The van der Waals surface area contributed by atoms with Crippen molar-refractivity contribution in [2.24, 2.45) is 11.8 Å². The smallest absolute Gasteiger partial charge is 0.290 e. The van der Waals surface area contributed by atoms with Gasteiger partial charge in [0, 0.05) is 38.7 Å². The van der Waals surface area contributed by atoms with Gasteiger partial charge in [-0.25, -0.2) is 0 Å². The van der Waals surface area contributed by atoms with Crippen molar-refractivity contribution < 1.29 is 19.4 Å². The van der Waals surface area contributed by atoms with E-state index in [2.05, 4.69) is 72.2 Å². The second-order valence-corrected chi connectivity index (χ2v) is 8.70. The molecule has 0 unspecified atom stereocenters. The SMILES string of the molecule is CCOCC(=O)N1C[C@@H]2CN(Cc3cccc(C)c3)C[C@@H]2[C@H]1c1ccccc1C.O=CO. The minimum absolute atomic E-state index is 0.125. The van der Waals surface area contributed by atoms with Crippen LogP contribution in [-0.2, 0) is 20.9 Å². The number of hydrogen-bond acceptors (Lipinski definition) is 4. The lowest BCUT2D eigenvalue weighted by molar-refractivity contribution is -0.137. The van der Waals surface area contributed by atoms with Gasteiger partial charge in [-0.15, -0.1) is 0 Å². The Morgan fingerprint density at radius 1 is 1.12 bits per heavy atom. The van der Waals surface area contributed by atoms with E-state index in [9.17, 15) is 4.79 Å². The predicted molar refractivity (Wildman–Crippen MR) is 124 cm³/mol. The van der Waals surface area contributed by atoms with Crippen LogP contribution in [-0.4, -0.2) is 60.1 Å². The fourth-order valence-corrected chi connectivity index (χ4v) is 5.18. The summed E-state index contributed by atoms with van der Waals surface area (Å²) in [6.45, 7) is 10.7. The number of ether oxygens (including phenoxy) is 1. The van der Waals surface area contributed by atoms with Crippen molar-refractivity contribution in [3.63, 3.8) is 0 Å². The van der Waals surface area contributed by atoms with Gasteiger partial charge < -0.3 is 14.7 Å². The molecule has 0 radical (unpaired) electrons. The molecule has 1 amide bonds. The molecule has 0 aliphatic carbocycles. The Labute approximate surface area is 190 Å². The third-order valence-corrected chi connectivity index (χ3v) is 6.49. The van der Waals surface area contributed by atoms with E-state index in [0.717, 1.165) is 26.2 Å². The number of fused-ring (bicyclic) bond motifs is 1. The molecule has 2 saturated heterocycles. The summed E-state index contributed by atoms with van der Waals surface area (Å²) in [4.78, 5) is 26.0. The van der Waals surface area contributed by atoms with Crippen LogP contribution in [0, 0.1) is 25.7 Å². The fourth-order valence-electron chi connectivity index (χ4n) is 5.18. The Kier molecular flexibility index (Phi) is 8.42. The molecule has 2 aromatic rings. The summed E-state index contributed by atoms with van der Waals surface area (Å²) < 4.78 is 5.45. The molecule has 6 heteroatoms. The van der Waals surface area contributed by atoms with Gasteiger partial charge in [-0.3, -0.25) is 14.5 Å². The number of likely N-dealkylation sites (tertiary alicyclic amines) is 2. The first kappa shape index (κ1) is 24.0. The van der Waals surface area contributed by atoms with Gasteiger partial charge in [0.2, 0.25) is 5.91 Å². The number of amides is 1. The molecular weight excluding hydrogens is 404 g/mol. The molecule has 2 fully saturated rings. The summed E-state index contributed by atoms with van der Waals surface area (Å²) in [5, 5.41) is 6.89. The molecule has 1 N–H and O–H groups in total. The molecular formula is C26H34N2O4. The van der Waals surface area contributed by atoms with E-state index >= 15 is 0 Å². The van der Waals surface area contributed by atoms with Crippen molar-refractivity contribution in [1.29, 1.82) is 0 Å². The molecule has 4 rings (SSSR count). The fraction of sp³-hybridized carbons (Fsp3) is 0.462. The van der Waals surface area contributed by atoms with Crippen LogP contribution in [0.4, 0.5) is 0 Å². The number of carbonyl (C=O) groups is 2. The van der Waals surface area contributed by atoms with Crippen LogP contribution < -0.4 is 0 Å². The molecule has 0 spiro atoms. The van der Waals surface area contributed by atoms with Gasteiger partial charge in [0.1, 0.15) is 6.61 Å². The summed E-state index contributed by atoms with van der Waals surface area (Å²) >= 11 is 0. The normalized spacial score (nSPS) is 22.2. The Balaban J connectivity index is 0.000000913. The summed E-state index contributed by atoms with van der Waals surface area (Å²) in [7, 11) is 0. The van der Waals surface area contributed by atoms with Crippen molar-refractivity contribution >= 4 is 12.4 Å². The lowest BCUT2D eigenvalue weighted by atomic mass is 9.87. The van der Waals surface area contributed by atoms with E-state index in [1.807, 2.05) is 6.92 Å². The second kappa shape index (κ2) is 11.2.